The molecule has 19 heteroatoms. The van der Waals surface area contributed by atoms with Crippen LogP contribution in [0.1, 0.15) is 32.0 Å². The van der Waals surface area contributed by atoms with E-state index in [-0.39, 0.29) is 17.2 Å². The summed E-state index contributed by atoms with van der Waals surface area (Å²) in [7, 11) is 0. The molecular formula is C23H10BrF11IN3O3. The van der Waals surface area contributed by atoms with Crippen LogP contribution in [0, 0.1) is 9.39 Å². The summed E-state index contributed by atoms with van der Waals surface area (Å²) in [6.45, 7) is 0. The average molecular weight is 792 g/mol. The molecule has 3 aromatic rings. The van der Waals surface area contributed by atoms with E-state index in [2.05, 4.69) is 20.9 Å². The molecule has 0 bridgehead atoms. The Morgan fingerprint density at radius 1 is 0.929 bits per heavy atom. The summed E-state index contributed by atoms with van der Waals surface area (Å²) in [6.07, 6.45) is -17.2. The fourth-order valence-electron chi connectivity index (χ4n) is 3.34. The predicted octanol–water partition coefficient (Wildman–Crippen LogP) is 8.18. The van der Waals surface area contributed by atoms with Crippen molar-refractivity contribution in [3.05, 3.63) is 84.9 Å². The Bertz CT molecular complexity index is 1490. The molecule has 6 nitrogen and oxygen atoms in total. The number of hydroxylamine groups is 1. The number of alkyl halides is 10. The molecule has 226 valence electrons. The van der Waals surface area contributed by atoms with Gasteiger partial charge in [-0.25, -0.2) is 8.78 Å². The van der Waals surface area contributed by atoms with Gasteiger partial charge in [0.05, 0.1) is 16.8 Å². The number of rotatable bonds is 5. The summed E-state index contributed by atoms with van der Waals surface area (Å²) in [5, 5.41) is 11.9. The fraction of sp³-hybridized carbons (Fsp3) is 0.174. The number of aromatic nitrogens is 1. The van der Waals surface area contributed by atoms with E-state index < -0.39 is 83.6 Å². The molecular weight excluding hydrogens is 782 g/mol. The van der Waals surface area contributed by atoms with Crippen LogP contribution >= 0.6 is 38.5 Å². The smallest absolute Gasteiger partial charge is 0.320 e. The highest BCUT2D eigenvalue weighted by Crippen LogP contribution is 2.54. The Balaban J connectivity index is 1.93. The molecule has 2 N–H and O–H groups in total. The van der Waals surface area contributed by atoms with Crippen LogP contribution in [0.4, 0.5) is 59.7 Å². The topological polar surface area (TPSA) is 82.5 Å². The highest BCUT2D eigenvalue weighted by atomic mass is 127. The van der Waals surface area contributed by atoms with Crippen molar-refractivity contribution in [2.24, 2.45) is 0 Å². The molecule has 0 aliphatic heterocycles. The lowest BCUT2D eigenvalue weighted by Crippen LogP contribution is -2.50. The first-order valence-electron chi connectivity index (χ1n) is 10.6. The van der Waals surface area contributed by atoms with Gasteiger partial charge in [-0.1, -0.05) is 6.07 Å². The van der Waals surface area contributed by atoms with Crippen LogP contribution < -0.4 is 10.4 Å². The van der Waals surface area contributed by atoms with E-state index in [9.17, 15) is 58.7 Å². The zero-order valence-corrected chi connectivity index (χ0v) is 23.4. The lowest BCUT2D eigenvalue weighted by Gasteiger charge is -2.31. The van der Waals surface area contributed by atoms with Crippen LogP contribution in [-0.4, -0.2) is 34.4 Å². The fourth-order valence-corrected chi connectivity index (χ4v) is 5.03. The second-order valence-corrected chi connectivity index (χ2v) is 10.1. The third-order valence-corrected chi connectivity index (χ3v) is 6.88. The molecule has 0 aliphatic rings. The van der Waals surface area contributed by atoms with Crippen molar-refractivity contribution in [1.29, 1.82) is 0 Å². The number of hydrogen-bond donors (Lipinski definition) is 2. The lowest BCUT2D eigenvalue weighted by atomic mass is 9.94. The molecule has 0 atom stereocenters. The van der Waals surface area contributed by atoms with Gasteiger partial charge >= 0.3 is 24.2 Å². The van der Waals surface area contributed by atoms with Gasteiger partial charge in [0.15, 0.2) is 5.82 Å². The molecule has 0 spiro atoms. The number of carbonyl (C=O) groups is 2. The maximum Gasteiger partial charge on any atom is 0.435 e. The zero-order valence-electron chi connectivity index (χ0n) is 19.7. The van der Waals surface area contributed by atoms with E-state index in [1.807, 2.05) is 5.32 Å². The lowest BCUT2D eigenvalue weighted by molar-refractivity contribution is -0.348. The highest BCUT2D eigenvalue weighted by molar-refractivity contribution is 14.1. The first kappa shape index (κ1) is 33.4. The maximum absolute atomic E-state index is 15.2. The summed E-state index contributed by atoms with van der Waals surface area (Å²) in [4.78, 5) is 28.3. The third kappa shape index (κ3) is 6.31. The monoisotopic (exact) mass is 791 g/mol. The molecule has 2 amide bonds. The quantitative estimate of drug-likeness (QED) is 0.118. The molecule has 1 heterocycles. The van der Waals surface area contributed by atoms with Crippen LogP contribution in [0.25, 0.3) is 0 Å². The second-order valence-electron chi connectivity index (χ2n) is 8.11. The van der Waals surface area contributed by atoms with Gasteiger partial charge in [-0.05, 0) is 74.9 Å². The number of nitrogens with zero attached hydrogens (tertiary/aromatic N) is 2. The average Bonchev–Trinajstić information content (AvgIpc) is 2.87. The molecule has 0 fully saturated rings. The largest absolute Gasteiger partial charge is 0.435 e. The Morgan fingerprint density at radius 3 is 2.00 bits per heavy atom. The number of anilines is 2. The van der Waals surface area contributed by atoms with Gasteiger partial charge in [-0.15, -0.1) is 0 Å². The van der Waals surface area contributed by atoms with Gasteiger partial charge in [0.25, 0.3) is 11.8 Å². The standard InChI is InChI=1S/C23H10BrF11IN3O3/c24-12-6-10(20(26,22(30,31)32)23(33,34)35)7-13(36)17(12)38-18(40)11-2-1-3-14(16(11)25)39(42)19(41)9-4-5-15(37-8-9)21(27,28)29/h1-8,42H,(H,38,40). The minimum absolute atomic E-state index is 0.123. The Kier molecular flexibility index (Phi) is 9.19. The van der Waals surface area contributed by atoms with Crippen LogP contribution in [0.3, 0.4) is 0 Å². The van der Waals surface area contributed by atoms with Crippen molar-refractivity contribution in [3.8, 4) is 0 Å². The van der Waals surface area contributed by atoms with Crippen LogP contribution in [0.5, 0.6) is 0 Å². The number of hydrogen-bond acceptors (Lipinski definition) is 4. The molecule has 0 saturated heterocycles. The normalized spacial score (nSPS) is 12.7. The molecule has 0 unspecified atom stereocenters. The van der Waals surface area contributed by atoms with E-state index in [1.54, 1.807) is 0 Å². The summed E-state index contributed by atoms with van der Waals surface area (Å²) < 4.78 is 145. The molecule has 42 heavy (non-hydrogen) atoms. The molecule has 2 aromatic carbocycles. The molecule has 3 rings (SSSR count). The Hall–Kier alpha value is -3.07. The number of nitrogens with one attached hydrogen (secondary N) is 1. The number of pyridine rings is 1. The molecule has 1 aromatic heterocycles. The second kappa shape index (κ2) is 11.5. The van der Waals surface area contributed by atoms with Crippen LogP contribution in [0.15, 0.2) is 53.1 Å². The first-order chi connectivity index (χ1) is 19.1. The molecule has 0 saturated carbocycles. The molecule has 0 aliphatic carbocycles. The van der Waals surface area contributed by atoms with E-state index in [0.717, 1.165) is 18.2 Å². The van der Waals surface area contributed by atoms with Gasteiger partial charge in [0.1, 0.15) is 11.4 Å². The minimum Gasteiger partial charge on any atom is -0.320 e. The van der Waals surface area contributed by atoms with E-state index in [1.165, 1.54) is 22.6 Å². The van der Waals surface area contributed by atoms with Crippen molar-refractivity contribution >= 4 is 61.7 Å². The summed E-state index contributed by atoms with van der Waals surface area (Å²) in [6, 6.07) is 3.93. The van der Waals surface area contributed by atoms with Gasteiger partial charge in [-0.2, -0.15) is 44.6 Å². The van der Waals surface area contributed by atoms with Gasteiger partial charge in [0, 0.05) is 19.8 Å². The van der Waals surface area contributed by atoms with Crippen molar-refractivity contribution in [2.75, 3.05) is 10.4 Å². The SMILES string of the molecule is O=C(Nc1c(Br)cc(C(F)(C(F)(F)F)C(F)(F)F)cc1I)c1cccc(N(O)C(=O)c2ccc(C(F)(F)F)nc2)c1F. The van der Waals surface area contributed by atoms with Crippen LogP contribution in [-0.2, 0) is 11.8 Å². The maximum atomic E-state index is 15.2. The van der Waals surface area contributed by atoms with Crippen molar-refractivity contribution in [2.45, 2.75) is 24.2 Å². The van der Waals surface area contributed by atoms with Gasteiger partial charge < -0.3 is 5.32 Å². The van der Waals surface area contributed by atoms with Crippen LogP contribution in [0.2, 0.25) is 0 Å². The predicted molar refractivity (Wildman–Crippen MR) is 134 cm³/mol. The van der Waals surface area contributed by atoms with Gasteiger partial charge in [-0.3, -0.25) is 19.8 Å². The summed E-state index contributed by atoms with van der Waals surface area (Å²) >= 11 is 3.86. The summed E-state index contributed by atoms with van der Waals surface area (Å²) in [5.74, 6) is -4.40. The number of benzene rings is 2. The Morgan fingerprint density at radius 2 is 1.52 bits per heavy atom. The van der Waals surface area contributed by atoms with Crippen molar-refractivity contribution < 1.29 is 63.1 Å². The first-order valence-corrected chi connectivity index (χ1v) is 12.5. The third-order valence-electron chi connectivity index (χ3n) is 5.40. The molecule has 0 radical (unpaired) electrons. The van der Waals surface area contributed by atoms with E-state index in [0.29, 0.717) is 18.3 Å². The van der Waals surface area contributed by atoms with Crippen molar-refractivity contribution in [1.82, 2.24) is 4.98 Å². The number of halogens is 13. The minimum atomic E-state index is -6.41. The Labute approximate surface area is 248 Å². The zero-order chi connectivity index (χ0) is 32.0. The highest BCUT2D eigenvalue weighted by Gasteiger charge is 2.73. The number of carbonyl (C=O) groups excluding carboxylic acids is 2. The van der Waals surface area contributed by atoms with Crippen molar-refractivity contribution in [3.63, 3.8) is 0 Å². The number of amides is 2. The van der Waals surface area contributed by atoms with E-state index in [4.69, 9.17) is 0 Å². The summed E-state index contributed by atoms with van der Waals surface area (Å²) in [5.41, 5.74) is -12.0. The van der Waals surface area contributed by atoms with E-state index >= 15 is 4.39 Å². The van der Waals surface area contributed by atoms with Gasteiger partial charge in [0.2, 0.25) is 0 Å².